The Morgan fingerprint density at radius 1 is 1.38 bits per heavy atom. The maximum absolute atomic E-state index is 12.4. The van der Waals surface area contributed by atoms with Crippen LogP contribution in [0.25, 0.3) is 5.65 Å². The van der Waals surface area contributed by atoms with E-state index < -0.39 is 0 Å². The Kier molecular flexibility index (Phi) is 3.75. The lowest BCUT2D eigenvalue weighted by Gasteiger charge is -2.14. The largest absolute Gasteiger partial charge is 0.309 e. The molecule has 0 fully saturated rings. The van der Waals surface area contributed by atoms with Gasteiger partial charge < -0.3 is 5.32 Å². The number of aromatic nitrogens is 5. The maximum Gasteiger partial charge on any atom is 0.276 e. The van der Waals surface area contributed by atoms with Crippen molar-refractivity contribution in [3.05, 3.63) is 45.6 Å². The maximum atomic E-state index is 12.4. The number of nitrogens with one attached hydrogen (secondary N) is 3. The van der Waals surface area contributed by atoms with Crippen LogP contribution in [0.5, 0.6) is 0 Å². The van der Waals surface area contributed by atoms with Crippen molar-refractivity contribution in [1.82, 2.24) is 24.8 Å². The Morgan fingerprint density at radius 3 is 2.79 bits per heavy atom. The second kappa shape index (κ2) is 5.63. The Bertz CT molecular complexity index is 957. The van der Waals surface area contributed by atoms with Gasteiger partial charge in [0.15, 0.2) is 11.5 Å². The molecular formula is C16H20N6O2. The van der Waals surface area contributed by atoms with Crippen LogP contribution in [0.2, 0.25) is 0 Å². The van der Waals surface area contributed by atoms with Gasteiger partial charge in [0.25, 0.3) is 5.56 Å². The summed E-state index contributed by atoms with van der Waals surface area (Å²) in [6.45, 7) is 7.87. The minimum absolute atomic E-state index is 0.0582. The molecular weight excluding hydrogens is 308 g/mol. The SMILES string of the molecule is Cc1nc2cc[nH]n2c(=O)c1CC(=O)Nc1cc(C(C)(C)C)[nH]n1. The summed E-state index contributed by atoms with van der Waals surface area (Å²) in [4.78, 5) is 29.0. The molecule has 0 aliphatic rings. The molecule has 3 rings (SSSR count). The molecule has 3 aromatic rings. The monoisotopic (exact) mass is 328 g/mol. The highest BCUT2D eigenvalue weighted by Crippen LogP contribution is 2.21. The second-order valence-corrected chi connectivity index (χ2v) is 6.78. The minimum Gasteiger partial charge on any atom is -0.309 e. The molecule has 3 N–H and O–H groups in total. The number of carbonyl (C=O) groups is 1. The van der Waals surface area contributed by atoms with Crippen LogP contribution in [0.15, 0.2) is 23.1 Å². The van der Waals surface area contributed by atoms with Crippen molar-refractivity contribution in [1.29, 1.82) is 0 Å². The molecule has 0 bridgehead atoms. The minimum atomic E-state index is -0.310. The molecule has 126 valence electrons. The van der Waals surface area contributed by atoms with E-state index in [4.69, 9.17) is 0 Å². The highest BCUT2D eigenvalue weighted by atomic mass is 16.2. The third-order valence-electron chi connectivity index (χ3n) is 3.84. The molecule has 0 aliphatic heterocycles. The van der Waals surface area contributed by atoms with Crippen LogP contribution in [0.3, 0.4) is 0 Å². The highest BCUT2D eigenvalue weighted by Gasteiger charge is 2.18. The molecule has 0 aliphatic carbocycles. The van der Waals surface area contributed by atoms with Crippen molar-refractivity contribution in [2.45, 2.75) is 39.5 Å². The summed E-state index contributed by atoms with van der Waals surface area (Å²) in [6.07, 6.45) is 1.57. The number of carbonyl (C=O) groups excluding carboxylic acids is 1. The molecule has 8 nitrogen and oxygen atoms in total. The zero-order valence-electron chi connectivity index (χ0n) is 14.1. The third kappa shape index (κ3) is 2.94. The summed E-state index contributed by atoms with van der Waals surface area (Å²) in [5.41, 5.74) is 2.00. The lowest BCUT2D eigenvalue weighted by atomic mass is 9.92. The smallest absolute Gasteiger partial charge is 0.276 e. The average molecular weight is 328 g/mol. The van der Waals surface area contributed by atoms with Gasteiger partial charge in [-0.3, -0.25) is 19.8 Å². The van der Waals surface area contributed by atoms with Crippen LogP contribution >= 0.6 is 0 Å². The van der Waals surface area contributed by atoms with Crippen LogP contribution < -0.4 is 10.9 Å². The zero-order chi connectivity index (χ0) is 17.5. The van der Waals surface area contributed by atoms with Crippen molar-refractivity contribution in [2.75, 3.05) is 5.32 Å². The van der Waals surface area contributed by atoms with Gasteiger partial charge in [0.2, 0.25) is 5.91 Å². The van der Waals surface area contributed by atoms with Gasteiger partial charge in [-0.2, -0.15) is 5.10 Å². The molecule has 0 atom stereocenters. The van der Waals surface area contributed by atoms with Gasteiger partial charge in [0.1, 0.15) is 0 Å². The topological polar surface area (TPSA) is 108 Å². The number of fused-ring (bicyclic) bond motifs is 1. The zero-order valence-corrected chi connectivity index (χ0v) is 14.1. The standard InChI is InChI=1S/C16H20N6O2/c1-9-10(15(24)22-13(18-9)5-6-17-22)7-14(23)19-12-8-11(20-21-12)16(2,3)4/h5-6,8,17H,7H2,1-4H3,(H2,19,20,21,23). The fraction of sp³-hybridized carbons (Fsp3) is 0.375. The van der Waals surface area contributed by atoms with Crippen LogP contribution in [0.1, 0.15) is 37.7 Å². The molecule has 3 aromatic heterocycles. The van der Waals surface area contributed by atoms with Crippen LogP contribution in [0, 0.1) is 6.92 Å². The molecule has 8 heteroatoms. The van der Waals surface area contributed by atoms with Gasteiger partial charge in [0, 0.05) is 40.7 Å². The molecule has 0 spiro atoms. The molecule has 1 amide bonds. The highest BCUT2D eigenvalue weighted by molar-refractivity contribution is 5.91. The molecule has 0 radical (unpaired) electrons. The lowest BCUT2D eigenvalue weighted by molar-refractivity contribution is -0.115. The Labute approximate surface area is 138 Å². The number of H-pyrrole nitrogens is 2. The summed E-state index contributed by atoms with van der Waals surface area (Å²) < 4.78 is 1.32. The third-order valence-corrected chi connectivity index (χ3v) is 3.84. The van der Waals surface area contributed by atoms with E-state index in [2.05, 4.69) is 25.6 Å². The summed E-state index contributed by atoms with van der Waals surface area (Å²) in [7, 11) is 0. The summed E-state index contributed by atoms with van der Waals surface area (Å²) in [5.74, 6) is 0.132. The first kappa shape index (κ1) is 16.0. The second-order valence-electron chi connectivity index (χ2n) is 6.78. The summed E-state index contributed by atoms with van der Waals surface area (Å²) in [6, 6.07) is 3.50. The van der Waals surface area contributed by atoms with Gasteiger partial charge in [-0.15, -0.1) is 0 Å². The number of aromatic amines is 2. The van der Waals surface area contributed by atoms with Gasteiger partial charge in [-0.05, 0) is 6.92 Å². The van der Waals surface area contributed by atoms with Crippen molar-refractivity contribution in [3.8, 4) is 0 Å². The van der Waals surface area contributed by atoms with Crippen molar-refractivity contribution < 1.29 is 4.79 Å². The molecule has 0 unspecified atom stereocenters. The fourth-order valence-electron chi connectivity index (χ4n) is 2.43. The predicted molar refractivity (Wildman–Crippen MR) is 90.2 cm³/mol. The van der Waals surface area contributed by atoms with Crippen molar-refractivity contribution in [2.24, 2.45) is 0 Å². The first-order valence-electron chi connectivity index (χ1n) is 7.67. The number of hydrogen-bond donors (Lipinski definition) is 3. The van der Waals surface area contributed by atoms with E-state index >= 15 is 0 Å². The van der Waals surface area contributed by atoms with E-state index in [1.54, 1.807) is 25.3 Å². The number of aryl methyl sites for hydroxylation is 1. The number of hydrogen-bond acceptors (Lipinski definition) is 4. The van der Waals surface area contributed by atoms with Crippen LogP contribution in [-0.2, 0) is 16.6 Å². The van der Waals surface area contributed by atoms with Gasteiger partial charge >= 0.3 is 0 Å². The van der Waals surface area contributed by atoms with Gasteiger partial charge in [-0.1, -0.05) is 20.8 Å². The molecule has 0 saturated carbocycles. The van der Waals surface area contributed by atoms with E-state index in [-0.39, 0.29) is 23.3 Å². The number of amides is 1. The number of anilines is 1. The predicted octanol–water partition coefficient (Wildman–Crippen LogP) is 1.53. The van der Waals surface area contributed by atoms with Gasteiger partial charge in [-0.25, -0.2) is 9.50 Å². The van der Waals surface area contributed by atoms with Crippen molar-refractivity contribution >= 4 is 17.4 Å². The van der Waals surface area contributed by atoms with E-state index in [9.17, 15) is 9.59 Å². The summed E-state index contributed by atoms with van der Waals surface area (Å²) >= 11 is 0. The summed E-state index contributed by atoms with van der Waals surface area (Å²) in [5, 5.41) is 12.5. The Hall–Kier alpha value is -2.90. The Morgan fingerprint density at radius 2 is 2.12 bits per heavy atom. The van der Waals surface area contributed by atoms with Crippen LogP contribution in [0.4, 0.5) is 5.82 Å². The lowest BCUT2D eigenvalue weighted by Crippen LogP contribution is -2.26. The fourth-order valence-corrected chi connectivity index (χ4v) is 2.43. The van der Waals surface area contributed by atoms with Gasteiger partial charge in [0.05, 0.1) is 6.42 Å². The van der Waals surface area contributed by atoms with E-state index in [0.29, 0.717) is 22.7 Å². The average Bonchev–Trinajstić information content (AvgIpc) is 3.11. The van der Waals surface area contributed by atoms with E-state index in [1.165, 1.54) is 4.52 Å². The van der Waals surface area contributed by atoms with E-state index in [0.717, 1.165) is 5.69 Å². The normalized spacial score (nSPS) is 11.8. The first-order chi connectivity index (χ1) is 11.3. The number of rotatable bonds is 3. The number of nitrogens with zero attached hydrogens (tertiary/aromatic N) is 3. The Balaban J connectivity index is 1.80. The molecule has 0 saturated heterocycles. The molecule has 0 aromatic carbocycles. The van der Waals surface area contributed by atoms with Crippen molar-refractivity contribution in [3.63, 3.8) is 0 Å². The first-order valence-corrected chi connectivity index (χ1v) is 7.67. The quantitative estimate of drug-likeness (QED) is 0.677. The van der Waals surface area contributed by atoms with E-state index in [1.807, 2.05) is 20.8 Å². The molecule has 3 heterocycles. The van der Waals surface area contributed by atoms with Crippen LogP contribution in [-0.4, -0.2) is 30.7 Å². The molecule has 24 heavy (non-hydrogen) atoms.